The second-order valence-electron chi connectivity index (χ2n) is 6.16. The molecule has 25 heavy (non-hydrogen) atoms. The number of aliphatic hydroxyl groups is 1. The summed E-state index contributed by atoms with van der Waals surface area (Å²) in [4.78, 5) is 12.3. The Labute approximate surface area is 147 Å². The number of amides is 1. The molecule has 3 N–H and O–H groups in total. The van der Waals surface area contributed by atoms with Crippen molar-refractivity contribution in [3.05, 3.63) is 107 Å². The highest BCUT2D eigenvalue weighted by atomic mass is 16.3. The average molecular weight is 331 g/mol. The molecule has 3 aromatic carbocycles. The fraction of sp³-hybridized carbons (Fsp3) is 0.136. The molecule has 0 fully saturated rings. The van der Waals surface area contributed by atoms with Gasteiger partial charge in [0, 0.05) is 11.5 Å². The summed E-state index contributed by atoms with van der Waals surface area (Å²) in [6.07, 6.45) is 0. The molecule has 0 saturated carbocycles. The van der Waals surface area contributed by atoms with Gasteiger partial charge in [0.15, 0.2) is 5.60 Å². The van der Waals surface area contributed by atoms with Crippen LogP contribution in [0.4, 0.5) is 0 Å². The van der Waals surface area contributed by atoms with Crippen molar-refractivity contribution in [3.63, 3.8) is 0 Å². The van der Waals surface area contributed by atoms with Crippen molar-refractivity contribution >= 4 is 5.91 Å². The lowest BCUT2D eigenvalue weighted by Crippen LogP contribution is -2.43. The van der Waals surface area contributed by atoms with Crippen LogP contribution in [0.5, 0.6) is 0 Å². The minimum absolute atomic E-state index is 0.00647. The molecule has 0 saturated heterocycles. The highest BCUT2D eigenvalue weighted by Gasteiger charge is 2.40. The molecule has 3 rings (SSSR count). The number of rotatable bonds is 5. The average Bonchev–Trinajstić information content (AvgIpc) is 2.68. The zero-order valence-electron chi connectivity index (χ0n) is 14.1. The molecule has 1 unspecified atom stereocenters. The van der Waals surface area contributed by atoms with Crippen LogP contribution in [0.1, 0.15) is 35.1 Å². The summed E-state index contributed by atoms with van der Waals surface area (Å²) >= 11 is 0. The number of primary amides is 1. The van der Waals surface area contributed by atoms with Crippen LogP contribution in [0.25, 0.3) is 0 Å². The Morgan fingerprint density at radius 1 is 0.880 bits per heavy atom. The van der Waals surface area contributed by atoms with Gasteiger partial charge < -0.3 is 10.8 Å². The standard InChI is InChI=1S/C22H21NO2/c1-16(17-10-4-2-5-11-17)19-14-8-9-15-20(19)22(25,21(23)24)18-12-6-3-7-13-18/h2-16,25H,1H3,(H2,23,24)/t16?,22-/m1/s1. The Hall–Kier alpha value is -2.91. The molecule has 0 bridgehead atoms. The van der Waals surface area contributed by atoms with Crippen LogP contribution in [0.15, 0.2) is 84.9 Å². The smallest absolute Gasteiger partial charge is 0.258 e. The van der Waals surface area contributed by atoms with Crippen LogP contribution in [-0.2, 0) is 10.4 Å². The Kier molecular flexibility index (Phi) is 4.68. The van der Waals surface area contributed by atoms with Crippen molar-refractivity contribution in [3.8, 4) is 0 Å². The molecule has 0 radical (unpaired) electrons. The molecule has 2 atom stereocenters. The first-order chi connectivity index (χ1) is 12.0. The summed E-state index contributed by atoms with van der Waals surface area (Å²) < 4.78 is 0. The fourth-order valence-corrected chi connectivity index (χ4v) is 3.24. The Bertz CT molecular complexity index is 861. The first-order valence-electron chi connectivity index (χ1n) is 8.27. The van der Waals surface area contributed by atoms with E-state index in [0.717, 1.165) is 11.1 Å². The molecule has 0 spiro atoms. The normalized spacial score (nSPS) is 14.5. The van der Waals surface area contributed by atoms with Crippen LogP contribution in [0.3, 0.4) is 0 Å². The number of hydrogen-bond donors (Lipinski definition) is 2. The summed E-state index contributed by atoms with van der Waals surface area (Å²) in [7, 11) is 0. The molecule has 0 aliphatic carbocycles. The van der Waals surface area contributed by atoms with Gasteiger partial charge in [-0.1, -0.05) is 91.9 Å². The maximum absolute atomic E-state index is 12.3. The predicted octanol–water partition coefficient (Wildman–Crippen LogP) is 3.56. The first-order valence-corrected chi connectivity index (χ1v) is 8.27. The minimum Gasteiger partial charge on any atom is -0.372 e. The zero-order chi connectivity index (χ0) is 17.9. The monoisotopic (exact) mass is 331 g/mol. The van der Waals surface area contributed by atoms with Gasteiger partial charge in [-0.3, -0.25) is 4.79 Å². The van der Waals surface area contributed by atoms with E-state index in [9.17, 15) is 9.90 Å². The molecule has 0 heterocycles. The van der Waals surface area contributed by atoms with Gasteiger partial charge in [0.05, 0.1) is 0 Å². The van der Waals surface area contributed by atoms with E-state index in [-0.39, 0.29) is 5.92 Å². The largest absolute Gasteiger partial charge is 0.372 e. The van der Waals surface area contributed by atoms with Crippen molar-refractivity contribution in [1.82, 2.24) is 0 Å². The molecule has 0 aromatic heterocycles. The number of carbonyl (C=O) groups excluding carboxylic acids is 1. The van der Waals surface area contributed by atoms with E-state index < -0.39 is 11.5 Å². The van der Waals surface area contributed by atoms with Gasteiger partial charge in [-0.25, -0.2) is 0 Å². The molecular formula is C22H21NO2. The van der Waals surface area contributed by atoms with Gasteiger partial charge in [0.2, 0.25) is 0 Å². The Morgan fingerprint density at radius 2 is 1.40 bits per heavy atom. The summed E-state index contributed by atoms with van der Waals surface area (Å²) in [6.45, 7) is 2.06. The van der Waals surface area contributed by atoms with Crippen molar-refractivity contribution in [2.24, 2.45) is 5.73 Å². The topological polar surface area (TPSA) is 63.3 Å². The summed E-state index contributed by atoms with van der Waals surface area (Å²) in [5, 5.41) is 11.3. The van der Waals surface area contributed by atoms with Gasteiger partial charge in [-0.15, -0.1) is 0 Å². The Balaban J connectivity index is 2.18. The maximum Gasteiger partial charge on any atom is 0.258 e. The number of nitrogens with two attached hydrogens (primary N) is 1. The SMILES string of the molecule is CC(c1ccccc1)c1ccccc1[C@@](O)(C(N)=O)c1ccccc1. The van der Waals surface area contributed by atoms with E-state index in [1.165, 1.54) is 0 Å². The van der Waals surface area contributed by atoms with E-state index in [4.69, 9.17) is 5.73 Å². The molecule has 3 heteroatoms. The van der Waals surface area contributed by atoms with E-state index in [1.807, 2.05) is 54.6 Å². The number of benzene rings is 3. The molecule has 0 aliphatic rings. The molecule has 126 valence electrons. The van der Waals surface area contributed by atoms with Gasteiger partial charge in [0.1, 0.15) is 0 Å². The maximum atomic E-state index is 12.3. The van der Waals surface area contributed by atoms with Crippen LogP contribution in [-0.4, -0.2) is 11.0 Å². The Morgan fingerprint density at radius 3 is 2.00 bits per heavy atom. The zero-order valence-corrected chi connectivity index (χ0v) is 14.1. The van der Waals surface area contributed by atoms with Gasteiger partial charge >= 0.3 is 0 Å². The van der Waals surface area contributed by atoms with Crippen LogP contribution in [0.2, 0.25) is 0 Å². The van der Waals surface area contributed by atoms with E-state index >= 15 is 0 Å². The van der Waals surface area contributed by atoms with E-state index in [2.05, 4.69) is 6.92 Å². The molecule has 0 aliphatic heterocycles. The van der Waals surface area contributed by atoms with Gasteiger partial charge in [-0.05, 0) is 16.7 Å². The van der Waals surface area contributed by atoms with Gasteiger partial charge in [0.25, 0.3) is 5.91 Å². The van der Waals surface area contributed by atoms with E-state index in [0.29, 0.717) is 11.1 Å². The van der Waals surface area contributed by atoms with Crippen molar-refractivity contribution < 1.29 is 9.90 Å². The predicted molar refractivity (Wildman–Crippen MR) is 99.0 cm³/mol. The highest BCUT2D eigenvalue weighted by molar-refractivity contribution is 5.89. The summed E-state index contributed by atoms with van der Waals surface area (Å²) in [5.41, 5.74) is 6.75. The van der Waals surface area contributed by atoms with Gasteiger partial charge in [-0.2, -0.15) is 0 Å². The lowest BCUT2D eigenvalue weighted by molar-refractivity contribution is -0.133. The third kappa shape index (κ3) is 3.06. The van der Waals surface area contributed by atoms with Crippen molar-refractivity contribution in [2.75, 3.05) is 0 Å². The molecular weight excluding hydrogens is 310 g/mol. The quantitative estimate of drug-likeness (QED) is 0.751. The first kappa shape index (κ1) is 16.9. The number of hydrogen-bond acceptors (Lipinski definition) is 2. The lowest BCUT2D eigenvalue weighted by atomic mass is 9.78. The van der Waals surface area contributed by atoms with Crippen LogP contribution < -0.4 is 5.73 Å². The minimum atomic E-state index is -1.87. The summed E-state index contributed by atoms with van der Waals surface area (Å²) in [5.74, 6) is -0.779. The lowest BCUT2D eigenvalue weighted by Gasteiger charge is -2.30. The third-order valence-corrected chi connectivity index (χ3v) is 4.66. The van der Waals surface area contributed by atoms with Crippen LogP contribution in [0, 0.1) is 0 Å². The van der Waals surface area contributed by atoms with Crippen LogP contribution >= 0.6 is 0 Å². The van der Waals surface area contributed by atoms with Crippen molar-refractivity contribution in [1.29, 1.82) is 0 Å². The van der Waals surface area contributed by atoms with E-state index in [1.54, 1.807) is 30.3 Å². The molecule has 3 nitrogen and oxygen atoms in total. The van der Waals surface area contributed by atoms with Crippen molar-refractivity contribution in [2.45, 2.75) is 18.4 Å². The highest BCUT2D eigenvalue weighted by Crippen LogP contribution is 2.36. The fourth-order valence-electron chi connectivity index (χ4n) is 3.24. The number of carbonyl (C=O) groups is 1. The molecule has 3 aromatic rings. The third-order valence-electron chi connectivity index (χ3n) is 4.66. The second kappa shape index (κ2) is 6.91. The molecule has 1 amide bonds. The summed E-state index contributed by atoms with van der Waals surface area (Å²) in [6, 6.07) is 26.3. The second-order valence-corrected chi connectivity index (χ2v) is 6.16.